The number of methoxy groups -OCH3 is 1. The highest BCUT2D eigenvalue weighted by Crippen LogP contribution is 2.37. The van der Waals surface area contributed by atoms with E-state index in [1.54, 1.807) is 13.2 Å². The van der Waals surface area contributed by atoms with Crippen LogP contribution >= 0.6 is 0 Å². The van der Waals surface area contributed by atoms with E-state index in [0.717, 1.165) is 5.56 Å². The Morgan fingerprint density at radius 2 is 1.75 bits per heavy atom. The highest BCUT2D eigenvalue weighted by Gasteiger charge is 2.35. The molecule has 0 heterocycles. The molecule has 0 radical (unpaired) electrons. The molecule has 0 saturated carbocycles. The lowest BCUT2D eigenvalue weighted by molar-refractivity contribution is 0.303. The minimum atomic E-state index is -0.352. The van der Waals surface area contributed by atoms with Crippen LogP contribution in [0.1, 0.15) is 33.3 Å². The second kappa shape index (κ2) is 3.98. The maximum Gasteiger partial charge on any atom is 0.160 e. The van der Waals surface area contributed by atoms with Crippen LogP contribution in [-0.2, 0) is 5.41 Å². The third-order valence-electron chi connectivity index (χ3n) is 3.51. The zero-order chi connectivity index (χ0) is 12.6. The van der Waals surface area contributed by atoms with Gasteiger partial charge in [0, 0.05) is 11.0 Å². The lowest BCUT2D eigenvalue weighted by atomic mass is 9.70. The first-order chi connectivity index (χ1) is 7.20. The van der Waals surface area contributed by atoms with E-state index in [-0.39, 0.29) is 16.7 Å². The summed E-state index contributed by atoms with van der Waals surface area (Å²) in [6.07, 6.45) is 0. The maximum atomic E-state index is 9.55. The Bertz CT molecular complexity index is 378. The van der Waals surface area contributed by atoms with Crippen molar-refractivity contribution in [3.63, 3.8) is 0 Å². The molecule has 3 heteroatoms. The van der Waals surface area contributed by atoms with Crippen molar-refractivity contribution in [3.05, 3.63) is 23.8 Å². The Kier molecular flexibility index (Phi) is 3.20. The molecular weight excluding hydrogens is 202 g/mol. The van der Waals surface area contributed by atoms with E-state index >= 15 is 0 Å². The Morgan fingerprint density at radius 3 is 2.19 bits per heavy atom. The van der Waals surface area contributed by atoms with Crippen LogP contribution in [0.4, 0.5) is 0 Å². The van der Waals surface area contributed by atoms with Gasteiger partial charge in [-0.25, -0.2) is 0 Å². The monoisotopic (exact) mass is 223 g/mol. The highest BCUT2D eigenvalue weighted by atomic mass is 16.5. The highest BCUT2D eigenvalue weighted by molar-refractivity contribution is 5.44. The van der Waals surface area contributed by atoms with Crippen molar-refractivity contribution in [2.75, 3.05) is 7.11 Å². The van der Waals surface area contributed by atoms with Gasteiger partial charge in [0.2, 0.25) is 0 Å². The average Bonchev–Trinajstić information content (AvgIpc) is 2.16. The molecule has 0 amide bonds. The van der Waals surface area contributed by atoms with Gasteiger partial charge >= 0.3 is 0 Å². The maximum absolute atomic E-state index is 9.55. The largest absolute Gasteiger partial charge is 0.504 e. The summed E-state index contributed by atoms with van der Waals surface area (Å²) < 4.78 is 5.10. The van der Waals surface area contributed by atoms with Gasteiger partial charge in [-0.3, -0.25) is 0 Å². The van der Waals surface area contributed by atoms with Crippen molar-refractivity contribution in [1.29, 1.82) is 0 Å². The van der Waals surface area contributed by atoms with Gasteiger partial charge in [-0.1, -0.05) is 19.9 Å². The SMILES string of the molecule is COc1cc(C(C)(C)C(C)(C)N)ccc1O. The molecule has 3 N–H and O–H groups in total. The molecule has 0 bridgehead atoms. The second-order valence-corrected chi connectivity index (χ2v) is 5.23. The number of ether oxygens (including phenoxy) is 1. The summed E-state index contributed by atoms with van der Waals surface area (Å²) in [6, 6.07) is 5.36. The number of phenols is 1. The van der Waals surface area contributed by atoms with Crippen LogP contribution in [0.3, 0.4) is 0 Å². The number of hydrogen-bond acceptors (Lipinski definition) is 3. The quantitative estimate of drug-likeness (QED) is 0.827. The molecule has 0 atom stereocenters. The van der Waals surface area contributed by atoms with Gasteiger partial charge in [0.25, 0.3) is 0 Å². The third kappa shape index (κ3) is 2.14. The number of aromatic hydroxyl groups is 1. The van der Waals surface area contributed by atoms with Crippen LogP contribution in [0, 0.1) is 0 Å². The van der Waals surface area contributed by atoms with Crippen LogP contribution in [0.25, 0.3) is 0 Å². The van der Waals surface area contributed by atoms with Crippen molar-refractivity contribution in [2.45, 2.75) is 38.6 Å². The third-order valence-corrected chi connectivity index (χ3v) is 3.51. The Hall–Kier alpha value is -1.22. The summed E-state index contributed by atoms with van der Waals surface area (Å²) in [4.78, 5) is 0. The summed E-state index contributed by atoms with van der Waals surface area (Å²) in [5.41, 5.74) is 6.67. The Morgan fingerprint density at radius 1 is 1.19 bits per heavy atom. The van der Waals surface area contributed by atoms with Crippen LogP contribution in [0.5, 0.6) is 11.5 Å². The van der Waals surface area contributed by atoms with Crippen molar-refractivity contribution in [1.82, 2.24) is 0 Å². The van der Waals surface area contributed by atoms with Crippen LogP contribution in [0.15, 0.2) is 18.2 Å². The number of benzene rings is 1. The van der Waals surface area contributed by atoms with Crippen LogP contribution in [-0.4, -0.2) is 17.8 Å². The molecule has 0 spiro atoms. The molecule has 0 fully saturated rings. The minimum Gasteiger partial charge on any atom is -0.504 e. The topological polar surface area (TPSA) is 55.5 Å². The van der Waals surface area contributed by atoms with Crippen molar-refractivity contribution in [3.8, 4) is 11.5 Å². The van der Waals surface area contributed by atoms with Gasteiger partial charge in [-0.05, 0) is 31.5 Å². The van der Waals surface area contributed by atoms with Crippen LogP contribution < -0.4 is 10.5 Å². The summed E-state index contributed by atoms with van der Waals surface area (Å²) in [6.45, 7) is 8.15. The molecule has 16 heavy (non-hydrogen) atoms. The molecule has 0 aromatic heterocycles. The van der Waals surface area contributed by atoms with E-state index in [2.05, 4.69) is 13.8 Å². The zero-order valence-corrected chi connectivity index (χ0v) is 10.7. The van der Waals surface area contributed by atoms with Gasteiger partial charge in [-0.2, -0.15) is 0 Å². The molecule has 0 saturated heterocycles. The smallest absolute Gasteiger partial charge is 0.160 e. The second-order valence-electron chi connectivity index (χ2n) is 5.23. The molecule has 1 rings (SSSR count). The first-order valence-electron chi connectivity index (χ1n) is 5.36. The van der Waals surface area contributed by atoms with Gasteiger partial charge < -0.3 is 15.6 Å². The molecule has 0 aliphatic heterocycles. The molecule has 1 aromatic rings. The fourth-order valence-electron chi connectivity index (χ4n) is 1.44. The number of phenolic OH excluding ortho intramolecular Hbond substituents is 1. The van der Waals surface area contributed by atoms with E-state index in [4.69, 9.17) is 10.5 Å². The fraction of sp³-hybridized carbons (Fsp3) is 0.538. The van der Waals surface area contributed by atoms with Gasteiger partial charge in [0.15, 0.2) is 11.5 Å². The van der Waals surface area contributed by atoms with Crippen molar-refractivity contribution >= 4 is 0 Å². The fourth-order valence-corrected chi connectivity index (χ4v) is 1.44. The van der Waals surface area contributed by atoms with E-state index in [9.17, 15) is 5.11 Å². The van der Waals surface area contributed by atoms with Crippen LogP contribution in [0.2, 0.25) is 0 Å². The molecule has 1 aromatic carbocycles. The van der Waals surface area contributed by atoms with Gasteiger partial charge in [-0.15, -0.1) is 0 Å². The van der Waals surface area contributed by atoms with Crippen molar-refractivity contribution < 1.29 is 9.84 Å². The molecule has 0 aliphatic rings. The van der Waals surface area contributed by atoms with E-state index in [1.165, 1.54) is 0 Å². The number of rotatable bonds is 3. The van der Waals surface area contributed by atoms with E-state index in [0.29, 0.717) is 5.75 Å². The van der Waals surface area contributed by atoms with Crippen molar-refractivity contribution in [2.24, 2.45) is 5.73 Å². The summed E-state index contributed by atoms with van der Waals surface area (Å²) in [7, 11) is 1.54. The number of hydrogen-bond donors (Lipinski definition) is 2. The Balaban J connectivity index is 3.24. The normalized spacial score (nSPS) is 12.6. The van der Waals surface area contributed by atoms with Gasteiger partial charge in [0.05, 0.1) is 7.11 Å². The minimum absolute atomic E-state index is 0.150. The summed E-state index contributed by atoms with van der Waals surface area (Å²) in [5.74, 6) is 0.631. The molecular formula is C13H21NO2. The first-order valence-corrected chi connectivity index (χ1v) is 5.36. The molecule has 0 aliphatic carbocycles. The summed E-state index contributed by atoms with van der Waals surface area (Å²) >= 11 is 0. The predicted molar refractivity (Wildman–Crippen MR) is 66.0 cm³/mol. The predicted octanol–water partition coefficient (Wildman–Crippen LogP) is 2.42. The first kappa shape index (κ1) is 12.8. The van der Waals surface area contributed by atoms with E-state index < -0.39 is 0 Å². The lowest BCUT2D eigenvalue weighted by Gasteiger charge is -2.39. The molecule has 3 nitrogen and oxygen atoms in total. The standard InChI is InChI=1S/C13H21NO2/c1-12(2,13(3,4)14)9-6-7-10(15)11(8-9)16-5/h6-8,15H,14H2,1-5H3. The van der Waals surface area contributed by atoms with Gasteiger partial charge in [0.1, 0.15) is 0 Å². The average molecular weight is 223 g/mol. The lowest BCUT2D eigenvalue weighted by Crippen LogP contribution is -2.50. The Labute approximate surface area is 97.2 Å². The molecule has 0 unspecified atom stereocenters. The van der Waals surface area contributed by atoms with E-state index in [1.807, 2.05) is 26.0 Å². The zero-order valence-electron chi connectivity index (χ0n) is 10.7. The number of nitrogens with two attached hydrogens (primary N) is 1. The molecule has 90 valence electrons. The summed E-state index contributed by atoms with van der Waals surface area (Å²) in [5, 5.41) is 9.55.